The molecular formula is C16H26N2O4S2. The molecule has 1 aromatic heterocycles. The fourth-order valence-corrected chi connectivity index (χ4v) is 5.33. The Morgan fingerprint density at radius 3 is 2.96 bits per heavy atom. The van der Waals surface area contributed by atoms with Crippen molar-refractivity contribution in [2.45, 2.75) is 43.4 Å². The maximum absolute atomic E-state index is 12.6. The number of hydrogen-bond donors (Lipinski definition) is 1. The highest BCUT2D eigenvalue weighted by molar-refractivity contribution is 7.91. The van der Waals surface area contributed by atoms with E-state index < -0.39 is 10.0 Å². The van der Waals surface area contributed by atoms with Crippen LogP contribution in [0.25, 0.3) is 0 Å². The highest BCUT2D eigenvalue weighted by Crippen LogP contribution is 2.26. The summed E-state index contributed by atoms with van der Waals surface area (Å²) < 4.78 is 32.4. The van der Waals surface area contributed by atoms with Gasteiger partial charge in [0.25, 0.3) is 10.0 Å². The Labute approximate surface area is 148 Å². The highest BCUT2D eigenvalue weighted by Gasteiger charge is 2.33. The topological polar surface area (TPSA) is 75.7 Å². The maximum Gasteiger partial charge on any atom is 0.252 e. The Balaban J connectivity index is 1.83. The fraction of sp³-hybridized carbons (Fsp3) is 0.688. The normalized spacial score (nSPS) is 19.5. The summed E-state index contributed by atoms with van der Waals surface area (Å²) in [7, 11) is -3.47. The molecule has 0 aromatic carbocycles. The molecule has 136 valence electrons. The van der Waals surface area contributed by atoms with E-state index >= 15 is 0 Å². The van der Waals surface area contributed by atoms with Gasteiger partial charge in [0.15, 0.2) is 0 Å². The first-order chi connectivity index (χ1) is 11.4. The van der Waals surface area contributed by atoms with E-state index in [-0.39, 0.29) is 24.5 Å². The van der Waals surface area contributed by atoms with E-state index in [1.165, 1.54) is 15.6 Å². The molecule has 1 aliphatic rings. The summed E-state index contributed by atoms with van der Waals surface area (Å²) in [6, 6.07) is 3.34. The van der Waals surface area contributed by atoms with Crippen molar-refractivity contribution in [3.05, 3.63) is 17.5 Å². The van der Waals surface area contributed by atoms with E-state index in [2.05, 4.69) is 5.32 Å². The molecule has 0 bridgehead atoms. The molecule has 1 saturated heterocycles. The summed E-state index contributed by atoms with van der Waals surface area (Å²) in [6.45, 7) is 5.86. The Kier molecular flexibility index (Phi) is 7.21. The minimum Gasteiger partial charge on any atom is -0.379 e. The first-order valence-electron chi connectivity index (χ1n) is 8.34. The predicted octanol–water partition coefficient (Wildman–Crippen LogP) is 2.08. The quantitative estimate of drug-likeness (QED) is 0.707. The minimum atomic E-state index is -3.47. The number of carbonyl (C=O) groups excluding carboxylic acids is 1. The van der Waals surface area contributed by atoms with Crippen molar-refractivity contribution in [3.8, 4) is 0 Å². The lowest BCUT2D eigenvalue weighted by Crippen LogP contribution is -2.45. The van der Waals surface area contributed by atoms with E-state index in [0.29, 0.717) is 30.3 Å². The van der Waals surface area contributed by atoms with Crippen LogP contribution in [0.3, 0.4) is 0 Å². The van der Waals surface area contributed by atoms with Gasteiger partial charge >= 0.3 is 0 Å². The molecule has 0 radical (unpaired) electrons. The Hall–Kier alpha value is -0.960. The lowest BCUT2D eigenvalue weighted by Gasteiger charge is -2.30. The standard InChI is InChI=1S/C16H26N2O4S2/c1-13(2)22-10-5-8-17-16(19)14-6-3-9-18(12-14)24(20,21)15-7-4-11-23-15/h4,7,11,13-14H,3,5-6,8-10,12H2,1-2H3,(H,17,19)/t14-/m0/s1. The van der Waals surface area contributed by atoms with E-state index in [4.69, 9.17) is 4.74 Å². The first-order valence-corrected chi connectivity index (χ1v) is 10.7. The molecule has 1 aromatic rings. The third kappa shape index (κ3) is 5.27. The van der Waals surface area contributed by atoms with Crippen molar-refractivity contribution in [3.63, 3.8) is 0 Å². The van der Waals surface area contributed by atoms with E-state index in [1.807, 2.05) is 13.8 Å². The molecule has 1 atom stereocenters. The molecule has 1 fully saturated rings. The van der Waals surface area contributed by atoms with Crippen LogP contribution in [0.5, 0.6) is 0 Å². The summed E-state index contributed by atoms with van der Waals surface area (Å²) in [5, 5.41) is 4.65. The number of nitrogens with one attached hydrogen (secondary N) is 1. The van der Waals surface area contributed by atoms with Crippen molar-refractivity contribution in [2.24, 2.45) is 5.92 Å². The molecule has 1 amide bonds. The third-order valence-corrected chi connectivity index (χ3v) is 7.15. The van der Waals surface area contributed by atoms with Crippen LogP contribution in [0.1, 0.15) is 33.1 Å². The summed E-state index contributed by atoms with van der Waals surface area (Å²) in [6.07, 6.45) is 2.38. The molecule has 0 aliphatic carbocycles. The molecular weight excluding hydrogens is 348 g/mol. The summed E-state index contributed by atoms with van der Waals surface area (Å²) >= 11 is 1.21. The second-order valence-electron chi connectivity index (χ2n) is 6.20. The van der Waals surface area contributed by atoms with Crippen LogP contribution in [0, 0.1) is 5.92 Å². The number of carbonyl (C=O) groups is 1. The van der Waals surface area contributed by atoms with Crippen molar-refractivity contribution in [1.82, 2.24) is 9.62 Å². The molecule has 0 unspecified atom stereocenters. The van der Waals surface area contributed by atoms with Gasteiger partial charge < -0.3 is 10.1 Å². The van der Waals surface area contributed by atoms with Gasteiger partial charge in [-0.1, -0.05) is 6.07 Å². The van der Waals surface area contributed by atoms with Crippen molar-refractivity contribution in [1.29, 1.82) is 0 Å². The molecule has 24 heavy (non-hydrogen) atoms. The van der Waals surface area contributed by atoms with E-state index in [9.17, 15) is 13.2 Å². The molecule has 2 rings (SSSR count). The minimum absolute atomic E-state index is 0.0642. The first kappa shape index (κ1) is 19.4. The van der Waals surface area contributed by atoms with Crippen molar-refractivity contribution >= 4 is 27.3 Å². The summed E-state index contributed by atoms with van der Waals surface area (Å²) in [5.74, 6) is -0.342. The number of amides is 1. The predicted molar refractivity (Wildman–Crippen MR) is 94.5 cm³/mol. The monoisotopic (exact) mass is 374 g/mol. The Bertz CT molecular complexity index is 614. The average molecular weight is 375 g/mol. The molecule has 0 spiro atoms. The van der Waals surface area contributed by atoms with Crippen LogP contribution in [0.15, 0.2) is 21.7 Å². The van der Waals surface area contributed by atoms with Crippen LogP contribution >= 0.6 is 11.3 Å². The smallest absolute Gasteiger partial charge is 0.252 e. The van der Waals surface area contributed by atoms with Gasteiger partial charge in [-0.2, -0.15) is 4.31 Å². The largest absolute Gasteiger partial charge is 0.379 e. The number of ether oxygens (including phenoxy) is 1. The zero-order chi connectivity index (χ0) is 17.6. The number of nitrogens with zero attached hydrogens (tertiary/aromatic N) is 1. The molecule has 2 heterocycles. The summed E-state index contributed by atoms with van der Waals surface area (Å²) in [4.78, 5) is 12.3. The highest BCUT2D eigenvalue weighted by atomic mass is 32.2. The number of thiophene rings is 1. The second kappa shape index (κ2) is 8.94. The third-order valence-electron chi connectivity index (χ3n) is 3.92. The molecule has 6 nitrogen and oxygen atoms in total. The molecule has 1 aliphatic heterocycles. The zero-order valence-electron chi connectivity index (χ0n) is 14.2. The summed E-state index contributed by atoms with van der Waals surface area (Å²) in [5.41, 5.74) is 0. The van der Waals surface area contributed by atoms with Crippen LogP contribution < -0.4 is 5.32 Å². The van der Waals surface area contributed by atoms with Crippen molar-refractivity contribution < 1.29 is 17.9 Å². The van der Waals surface area contributed by atoms with Gasteiger partial charge in [0.05, 0.1) is 12.0 Å². The Morgan fingerprint density at radius 1 is 1.50 bits per heavy atom. The Morgan fingerprint density at radius 2 is 2.29 bits per heavy atom. The van der Waals surface area contributed by atoms with E-state index in [0.717, 1.165) is 12.8 Å². The van der Waals surface area contributed by atoms with Crippen LogP contribution in [0.4, 0.5) is 0 Å². The van der Waals surface area contributed by atoms with Crippen LogP contribution in [0.2, 0.25) is 0 Å². The molecule has 8 heteroatoms. The van der Waals surface area contributed by atoms with Gasteiger partial charge in [-0.3, -0.25) is 4.79 Å². The van der Waals surface area contributed by atoms with Crippen molar-refractivity contribution in [2.75, 3.05) is 26.2 Å². The van der Waals surface area contributed by atoms with Gasteiger partial charge in [0.1, 0.15) is 4.21 Å². The van der Waals surface area contributed by atoms with E-state index in [1.54, 1.807) is 17.5 Å². The lowest BCUT2D eigenvalue weighted by molar-refractivity contribution is -0.126. The van der Waals surface area contributed by atoms with Gasteiger partial charge in [-0.15, -0.1) is 11.3 Å². The van der Waals surface area contributed by atoms with Crippen LogP contribution in [-0.4, -0.2) is 51.0 Å². The van der Waals surface area contributed by atoms with Gasteiger partial charge in [0, 0.05) is 26.2 Å². The number of sulfonamides is 1. The SMILES string of the molecule is CC(C)OCCCNC(=O)[C@H]1CCCN(S(=O)(=O)c2cccs2)C1. The lowest BCUT2D eigenvalue weighted by atomic mass is 9.99. The number of rotatable bonds is 8. The maximum atomic E-state index is 12.6. The average Bonchev–Trinajstić information content (AvgIpc) is 3.09. The number of hydrogen-bond acceptors (Lipinski definition) is 5. The van der Waals surface area contributed by atoms with Crippen LogP contribution in [-0.2, 0) is 19.6 Å². The van der Waals surface area contributed by atoms with Gasteiger partial charge in [-0.25, -0.2) is 8.42 Å². The molecule has 0 saturated carbocycles. The zero-order valence-corrected chi connectivity index (χ0v) is 15.9. The van der Waals surface area contributed by atoms with Gasteiger partial charge in [0.2, 0.25) is 5.91 Å². The number of piperidine rings is 1. The second-order valence-corrected chi connectivity index (χ2v) is 9.31. The van der Waals surface area contributed by atoms with Gasteiger partial charge in [-0.05, 0) is 44.6 Å². The molecule has 1 N–H and O–H groups in total. The fourth-order valence-electron chi connectivity index (χ4n) is 2.66.